The van der Waals surface area contributed by atoms with E-state index < -0.39 is 5.97 Å². The quantitative estimate of drug-likeness (QED) is 0.319. The smallest absolute Gasteiger partial charge is 0.363 e. The van der Waals surface area contributed by atoms with Gasteiger partial charge in [-0.2, -0.15) is 5.10 Å². The maximum atomic E-state index is 12.5. The van der Waals surface area contributed by atoms with E-state index in [1.807, 2.05) is 91.1 Å². The van der Waals surface area contributed by atoms with Crippen LogP contribution >= 0.6 is 11.6 Å². The van der Waals surface area contributed by atoms with E-state index in [1.54, 1.807) is 10.8 Å². The molecule has 0 atom stereocenters. The number of ether oxygens (including phenoxy) is 1. The number of para-hydroxylation sites is 1. The summed E-state index contributed by atoms with van der Waals surface area (Å²) in [4.78, 5) is 16.9. The highest BCUT2D eigenvalue weighted by Gasteiger charge is 2.25. The predicted octanol–water partition coefficient (Wildman–Crippen LogP) is 5.54. The van der Waals surface area contributed by atoms with Gasteiger partial charge in [-0.25, -0.2) is 14.5 Å². The van der Waals surface area contributed by atoms with E-state index >= 15 is 0 Å². The normalized spacial score (nSPS) is 14.5. The molecule has 0 bridgehead atoms. The molecule has 0 aliphatic carbocycles. The standard InChI is InChI=1S/C25H16ClN3O2/c26-20-13-11-17(12-14-20)23-19(16-29(28-23)21-9-5-2-6-10-21)15-22-25(30)31-24(27-22)18-7-3-1-4-8-18/h1-16H/b22-15+. The summed E-state index contributed by atoms with van der Waals surface area (Å²) in [6.45, 7) is 0. The molecule has 0 N–H and O–H groups in total. The van der Waals surface area contributed by atoms with Crippen LogP contribution < -0.4 is 0 Å². The van der Waals surface area contributed by atoms with Gasteiger partial charge in [0.1, 0.15) is 5.69 Å². The Morgan fingerprint density at radius 2 is 1.52 bits per heavy atom. The van der Waals surface area contributed by atoms with Crippen LogP contribution in [0.25, 0.3) is 23.0 Å². The Balaban J connectivity index is 1.61. The number of hydrogen-bond donors (Lipinski definition) is 0. The lowest BCUT2D eigenvalue weighted by Gasteiger charge is -2.00. The van der Waals surface area contributed by atoms with Crippen molar-refractivity contribution in [2.24, 2.45) is 4.99 Å². The van der Waals surface area contributed by atoms with Crippen molar-refractivity contribution in [1.29, 1.82) is 0 Å². The second-order valence-corrected chi connectivity index (χ2v) is 7.36. The molecule has 0 spiro atoms. The van der Waals surface area contributed by atoms with E-state index in [9.17, 15) is 4.79 Å². The van der Waals surface area contributed by atoms with Gasteiger partial charge in [-0.1, -0.05) is 60.1 Å². The number of benzene rings is 3. The number of halogens is 1. The zero-order valence-electron chi connectivity index (χ0n) is 16.3. The highest BCUT2D eigenvalue weighted by Crippen LogP contribution is 2.28. The van der Waals surface area contributed by atoms with Crippen molar-refractivity contribution >= 4 is 29.5 Å². The number of cyclic esters (lactones) is 1. The van der Waals surface area contributed by atoms with E-state index in [0.29, 0.717) is 16.6 Å². The molecular formula is C25H16ClN3O2. The van der Waals surface area contributed by atoms with Crippen molar-refractivity contribution in [3.05, 3.63) is 113 Å². The van der Waals surface area contributed by atoms with Crippen LogP contribution in [0.4, 0.5) is 0 Å². The first-order valence-electron chi connectivity index (χ1n) is 9.66. The molecule has 0 saturated carbocycles. The van der Waals surface area contributed by atoms with Crippen LogP contribution in [0.2, 0.25) is 5.02 Å². The zero-order valence-corrected chi connectivity index (χ0v) is 17.0. The SMILES string of the molecule is O=C1OC(c2ccccc2)=N/C1=C/c1cn(-c2ccccc2)nc1-c1ccc(Cl)cc1. The highest BCUT2D eigenvalue weighted by atomic mass is 35.5. The lowest BCUT2D eigenvalue weighted by molar-refractivity contribution is -0.129. The van der Waals surface area contributed by atoms with Crippen LogP contribution in [-0.2, 0) is 9.53 Å². The van der Waals surface area contributed by atoms with Gasteiger partial charge in [0.2, 0.25) is 5.90 Å². The molecule has 3 aromatic carbocycles. The van der Waals surface area contributed by atoms with Gasteiger partial charge in [-0.05, 0) is 42.5 Å². The van der Waals surface area contributed by atoms with Gasteiger partial charge < -0.3 is 4.74 Å². The molecule has 1 aliphatic heterocycles. The van der Waals surface area contributed by atoms with E-state index in [1.165, 1.54) is 0 Å². The third-order valence-corrected chi connectivity index (χ3v) is 5.07. The monoisotopic (exact) mass is 425 g/mol. The topological polar surface area (TPSA) is 56.5 Å². The van der Waals surface area contributed by atoms with E-state index in [4.69, 9.17) is 21.4 Å². The lowest BCUT2D eigenvalue weighted by Crippen LogP contribution is -2.04. The van der Waals surface area contributed by atoms with E-state index in [0.717, 1.165) is 22.4 Å². The Kier molecular flexibility index (Phi) is 4.94. The van der Waals surface area contributed by atoms with Crippen molar-refractivity contribution in [1.82, 2.24) is 9.78 Å². The molecule has 0 radical (unpaired) electrons. The second-order valence-electron chi connectivity index (χ2n) is 6.92. The number of esters is 1. The molecule has 31 heavy (non-hydrogen) atoms. The summed E-state index contributed by atoms with van der Waals surface area (Å²) in [5, 5.41) is 5.39. The van der Waals surface area contributed by atoms with Crippen molar-refractivity contribution < 1.29 is 9.53 Å². The molecule has 0 amide bonds. The average molecular weight is 426 g/mol. The van der Waals surface area contributed by atoms with Crippen molar-refractivity contribution in [3.8, 4) is 16.9 Å². The van der Waals surface area contributed by atoms with Crippen molar-refractivity contribution in [3.63, 3.8) is 0 Å². The molecule has 5 rings (SSSR count). The largest absolute Gasteiger partial charge is 0.402 e. The number of aromatic nitrogens is 2. The number of hydrogen-bond acceptors (Lipinski definition) is 4. The fourth-order valence-electron chi connectivity index (χ4n) is 3.30. The summed E-state index contributed by atoms with van der Waals surface area (Å²) in [5.41, 5.74) is 4.22. The molecule has 0 unspecified atom stereocenters. The first-order chi connectivity index (χ1) is 15.2. The first kappa shape index (κ1) is 19.0. The van der Waals surface area contributed by atoms with Gasteiger partial charge in [-0.15, -0.1) is 0 Å². The molecule has 6 heteroatoms. The summed E-state index contributed by atoms with van der Waals surface area (Å²) >= 11 is 6.05. The highest BCUT2D eigenvalue weighted by molar-refractivity contribution is 6.30. The van der Waals surface area contributed by atoms with E-state index in [2.05, 4.69) is 4.99 Å². The Labute approximate surface area is 183 Å². The number of rotatable bonds is 4. The lowest BCUT2D eigenvalue weighted by atomic mass is 10.1. The summed E-state index contributed by atoms with van der Waals surface area (Å²) in [6.07, 6.45) is 3.57. The van der Waals surface area contributed by atoms with Gasteiger partial charge in [-0.3, -0.25) is 0 Å². The third-order valence-electron chi connectivity index (χ3n) is 4.81. The molecule has 0 fully saturated rings. The van der Waals surface area contributed by atoms with Crippen LogP contribution in [-0.4, -0.2) is 21.6 Å². The van der Waals surface area contributed by atoms with Gasteiger partial charge in [0, 0.05) is 27.9 Å². The summed E-state index contributed by atoms with van der Waals surface area (Å²) < 4.78 is 7.16. The minimum absolute atomic E-state index is 0.224. The summed E-state index contributed by atoms with van der Waals surface area (Å²) in [7, 11) is 0. The molecule has 1 aliphatic rings. The molecule has 0 saturated heterocycles. The Hall–Kier alpha value is -3.96. The zero-order chi connectivity index (χ0) is 21.2. The third kappa shape index (κ3) is 3.91. The maximum Gasteiger partial charge on any atom is 0.363 e. The minimum Gasteiger partial charge on any atom is -0.402 e. The molecular weight excluding hydrogens is 410 g/mol. The number of nitrogens with zero attached hydrogens (tertiary/aromatic N) is 3. The summed E-state index contributed by atoms with van der Waals surface area (Å²) in [5.74, 6) is -0.200. The Bertz CT molecular complexity index is 1310. The second kappa shape index (κ2) is 8.05. The summed E-state index contributed by atoms with van der Waals surface area (Å²) in [6, 6.07) is 26.5. The van der Waals surface area contributed by atoms with Crippen molar-refractivity contribution in [2.45, 2.75) is 0 Å². The Morgan fingerprint density at radius 1 is 0.839 bits per heavy atom. The Morgan fingerprint density at radius 3 is 2.23 bits per heavy atom. The molecule has 5 nitrogen and oxygen atoms in total. The van der Waals surface area contributed by atoms with Gasteiger partial charge in [0.15, 0.2) is 5.70 Å². The number of carbonyl (C=O) groups is 1. The minimum atomic E-state index is -0.492. The van der Waals surface area contributed by atoms with Gasteiger partial charge >= 0.3 is 5.97 Å². The molecule has 1 aromatic heterocycles. The van der Waals surface area contributed by atoms with Crippen molar-refractivity contribution in [2.75, 3.05) is 0 Å². The van der Waals surface area contributed by atoms with Crippen LogP contribution in [0.3, 0.4) is 0 Å². The van der Waals surface area contributed by atoms with E-state index in [-0.39, 0.29) is 5.70 Å². The predicted molar refractivity (Wildman–Crippen MR) is 121 cm³/mol. The average Bonchev–Trinajstić information content (AvgIpc) is 3.40. The number of carbonyl (C=O) groups excluding carboxylic acids is 1. The fourth-order valence-corrected chi connectivity index (χ4v) is 3.42. The van der Waals surface area contributed by atoms with Crippen LogP contribution in [0.1, 0.15) is 11.1 Å². The number of aliphatic imine (C=N–C) groups is 1. The first-order valence-corrected chi connectivity index (χ1v) is 10.0. The van der Waals surface area contributed by atoms with Crippen LogP contribution in [0, 0.1) is 0 Å². The van der Waals surface area contributed by atoms with Crippen LogP contribution in [0.15, 0.2) is 102 Å². The fraction of sp³-hybridized carbons (Fsp3) is 0. The molecule has 150 valence electrons. The van der Waals surface area contributed by atoms with Crippen LogP contribution in [0.5, 0.6) is 0 Å². The van der Waals surface area contributed by atoms with Gasteiger partial charge in [0.05, 0.1) is 5.69 Å². The van der Waals surface area contributed by atoms with Gasteiger partial charge in [0.25, 0.3) is 0 Å². The molecule has 2 heterocycles. The molecule has 4 aromatic rings. The maximum absolute atomic E-state index is 12.5.